The molecule has 3 heterocycles. The third-order valence-corrected chi connectivity index (χ3v) is 6.16. The first-order valence-electron chi connectivity index (χ1n) is 9.05. The highest BCUT2D eigenvalue weighted by atomic mass is 16.3. The number of aromatic nitrogens is 2. The Labute approximate surface area is 142 Å². The average molecular weight is 330 g/mol. The number of carbonyl (C=O) groups excluding carboxylic acids is 1. The number of amides is 1. The lowest BCUT2D eigenvalue weighted by molar-refractivity contribution is -0.0601. The van der Waals surface area contributed by atoms with E-state index in [1.165, 1.54) is 0 Å². The summed E-state index contributed by atoms with van der Waals surface area (Å²) in [5.74, 6) is 1.39. The van der Waals surface area contributed by atoms with Crippen molar-refractivity contribution in [3.05, 3.63) is 23.8 Å². The third kappa shape index (κ3) is 2.71. The smallest absolute Gasteiger partial charge is 0.257 e. The summed E-state index contributed by atoms with van der Waals surface area (Å²) in [4.78, 5) is 25.8. The number of hydrogen-bond acceptors (Lipinski definition) is 5. The van der Waals surface area contributed by atoms with Gasteiger partial charge in [0.05, 0.1) is 12.2 Å². The number of rotatable bonds is 3. The van der Waals surface area contributed by atoms with Crippen LogP contribution in [0.4, 0.5) is 0 Å². The fourth-order valence-corrected chi connectivity index (χ4v) is 4.38. The van der Waals surface area contributed by atoms with Gasteiger partial charge in [-0.2, -0.15) is 0 Å². The van der Waals surface area contributed by atoms with Crippen LogP contribution in [-0.2, 0) is 0 Å². The second-order valence-electron chi connectivity index (χ2n) is 7.73. The molecule has 1 saturated carbocycles. The van der Waals surface area contributed by atoms with Gasteiger partial charge < -0.3 is 14.9 Å². The molecule has 1 aliphatic carbocycles. The molecule has 3 aliphatic rings. The minimum absolute atomic E-state index is 0.0165. The molecule has 1 aromatic rings. The molecule has 1 aromatic heterocycles. The molecule has 2 saturated heterocycles. The summed E-state index contributed by atoms with van der Waals surface area (Å²) in [5, 5.41) is 9.97. The van der Waals surface area contributed by atoms with Crippen LogP contribution in [0, 0.1) is 5.41 Å². The van der Waals surface area contributed by atoms with Crippen LogP contribution in [0.2, 0.25) is 0 Å². The van der Waals surface area contributed by atoms with E-state index in [4.69, 9.17) is 0 Å². The number of aliphatic hydroxyl groups excluding tert-OH is 1. The Morgan fingerprint density at radius 1 is 1.29 bits per heavy atom. The van der Waals surface area contributed by atoms with Crippen LogP contribution < -0.4 is 0 Å². The second-order valence-corrected chi connectivity index (χ2v) is 7.73. The van der Waals surface area contributed by atoms with Crippen LogP contribution in [-0.4, -0.2) is 70.1 Å². The number of aliphatic hydroxyl groups is 1. The third-order valence-electron chi connectivity index (χ3n) is 6.16. The first kappa shape index (κ1) is 16.0. The van der Waals surface area contributed by atoms with Gasteiger partial charge in [0.2, 0.25) is 0 Å². The molecule has 2 aliphatic heterocycles. The highest BCUT2D eigenvalue weighted by Crippen LogP contribution is 2.42. The van der Waals surface area contributed by atoms with Gasteiger partial charge in [0.25, 0.3) is 5.91 Å². The lowest BCUT2D eigenvalue weighted by Gasteiger charge is -2.53. The molecule has 24 heavy (non-hydrogen) atoms. The minimum Gasteiger partial charge on any atom is -0.396 e. The summed E-state index contributed by atoms with van der Waals surface area (Å²) in [7, 11) is 2.11. The zero-order chi connectivity index (χ0) is 16.7. The van der Waals surface area contributed by atoms with Crippen LogP contribution in [0.25, 0.3) is 0 Å². The van der Waals surface area contributed by atoms with Gasteiger partial charge in [0.15, 0.2) is 0 Å². The summed E-state index contributed by atoms with van der Waals surface area (Å²) in [5.41, 5.74) is 0.533. The molecule has 130 valence electrons. The molecule has 3 fully saturated rings. The molecule has 2 atom stereocenters. The zero-order valence-electron chi connectivity index (χ0n) is 14.3. The molecular formula is C18H26N4O2. The number of likely N-dealkylation sites (N-methyl/N-ethyl adjacent to an activating group) is 1. The summed E-state index contributed by atoms with van der Waals surface area (Å²) in [6, 6.07) is 0.237. The number of hydrogen-bond donors (Lipinski definition) is 1. The van der Waals surface area contributed by atoms with E-state index in [1.807, 2.05) is 4.90 Å². The van der Waals surface area contributed by atoms with Gasteiger partial charge in [-0.1, -0.05) is 0 Å². The largest absolute Gasteiger partial charge is 0.396 e. The van der Waals surface area contributed by atoms with Gasteiger partial charge >= 0.3 is 0 Å². The van der Waals surface area contributed by atoms with Crippen LogP contribution in [0.15, 0.2) is 12.4 Å². The monoisotopic (exact) mass is 330 g/mol. The Morgan fingerprint density at radius 3 is 2.71 bits per heavy atom. The predicted octanol–water partition coefficient (Wildman–Crippen LogP) is 1.27. The van der Waals surface area contributed by atoms with Crippen molar-refractivity contribution < 1.29 is 9.90 Å². The Bertz CT molecular complexity index is 616. The molecule has 0 radical (unpaired) electrons. The van der Waals surface area contributed by atoms with E-state index < -0.39 is 0 Å². The van der Waals surface area contributed by atoms with Crippen molar-refractivity contribution in [3.8, 4) is 0 Å². The first-order valence-corrected chi connectivity index (χ1v) is 9.05. The van der Waals surface area contributed by atoms with E-state index in [9.17, 15) is 9.90 Å². The SMILES string of the molecule is CN1CCC[C@]2(CO)CCN(C(=O)c3cnc(C4CC4)nc3)C[C@@H]12. The van der Waals surface area contributed by atoms with E-state index in [0.717, 1.165) is 44.5 Å². The number of nitrogens with zero attached hydrogens (tertiary/aromatic N) is 4. The highest BCUT2D eigenvalue weighted by Gasteiger charge is 2.47. The van der Waals surface area contributed by atoms with Crippen LogP contribution in [0.5, 0.6) is 0 Å². The Morgan fingerprint density at radius 2 is 2.04 bits per heavy atom. The number of piperidine rings is 2. The van der Waals surface area contributed by atoms with Gasteiger partial charge in [-0.15, -0.1) is 0 Å². The van der Waals surface area contributed by atoms with Crippen molar-refractivity contribution in [3.63, 3.8) is 0 Å². The molecule has 0 spiro atoms. The molecule has 0 aromatic carbocycles. The maximum atomic E-state index is 12.8. The van der Waals surface area contributed by atoms with E-state index >= 15 is 0 Å². The quantitative estimate of drug-likeness (QED) is 0.904. The van der Waals surface area contributed by atoms with Crippen LogP contribution >= 0.6 is 0 Å². The van der Waals surface area contributed by atoms with E-state index in [0.29, 0.717) is 24.6 Å². The van der Waals surface area contributed by atoms with E-state index in [2.05, 4.69) is 21.9 Å². The molecule has 6 heteroatoms. The predicted molar refractivity (Wildman–Crippen MR) is 89.7 cm³/mol. The van der Waals surface area contributed by atoms with Gasteiger partial charge in [-0.3, -0.25) is 4.79 Å². The highest BCUT2D eigenvalue weighted by molar-refractivity contribution is 5.93. The topological polar surface area (TPSA) is 69.6 Å². The fraction of sp³-hybridized carbons (Fsp3) is 0.722. The molecule has 0 bridgehead atoms. The molecule has 6 nitrogen and oxygen atoms in total. The van der Waals surface area contributed by atoms with Crippen LogP contribution in [0.1, 0.15) is 54.2 Å². The van der Waals surface area contributed by atoms with Gasteiger partial charge in [-0.25, -0.2) is 9.97 Å². The maximum Gasteiger partial charge on any atom is 0.257 e. The Balaban J connectivity index is 1.49. The van der Waals surface area contributed by atoms with Crippen molar-refractivity contribution in [1.29, 1.82) is 0 Å². The van der Waals surface area contributed by atoms with Gasteiger partial charge in [0, 0.05) is 42.9 Å². The average Bonchev–Trinajstić information content (AvgIpc) is 3.46. The molecule has 4 rings (SSSR count). The van der Waals surface area contributed by atoms with Crippen molar-refractivity contribution in [2.75, 3.05) is 33.3 Å². The van der Waals surface area contributed by atoms with Crippen molar-refractivity contribution in [2.45, 2.75) is 44.1 Å². The summed E-state index contributed by atoms with van der Waals surface area (Å²) < 4.78 is 0. The fourth-order valence-electron chi connectivity index (χ4n) is 4.38. The standard InChI is InChI=1S/C18H26N4O2/c1-21-7-2-5-18(12-23)6-8-22(11-15(18)21)17(24)14-9-19-16(20-10-14)13-3-4-13/h9-10,13,15,23H,2-8,11-12H2,1H3/t15-,18-/m1/s1. The van der Waals surface area contributed by atoms with Crippen molar-refractivity contribution in [1.82, 2.24) is 19.8 Å². The maximum absolute atomic E-state index is 12.8. The van der Waals surface area contributed by atoms with Crippen molar-refractivity contribution >= 4 is 5.91 Å². The van der Waals surface area contributed by atoms with Crippen molar-refractivity contribution in [2.24, 2.45) is 5.41 Å². The lowest BCUT2D eigenvalue weighted by Crippen LogP contribution is -2.62. The van der Waals surface area contributed by atoms with E-state index in [1.54, 1.807) is 12.4 Å². The Kier molecular flexibility index (Phi) is 4.04. The normalized spacial score (nSPS) is 30.9. The summed E-state index contributed by atoms with van der Waals surface area (Å²) >= 11 is 0. The number of likely N-dealkylation sites (tertiary alicyclic amines) is 2. The molecule has 1 N–H and O–H groups in total. The molecule has 0 unspecified atom stereocenters. The Hall–Kier alpha value is -1.53. The van der Waals surface area contributed by atoms with E-state index in [-0.39, 0.29) is 24.0 Å². The number of carbonyl (C=O) groups is 1. The first-order chi connectivity index (χ1) is 11.6. The summed E-state index contributed by atoms with van der Waals surface area (Å²) in [6.07, 6.45) is 8.74. The lowest BCUT2D eigenvalue weighted by atomic mass is 9.69. The number of fused-ring (bicyclic) bond motifs is 1. The van der Waals surface area contributed by atoms with Gasteiger partial charge in [0.1, 0.15) is 5.82 Å². The summed E-state index contributed by atoms with van der Waals surface area (Å²) in [6.45, 7) is 2.63. The van der Waals surface area contributed by atoms with Gasteiger partial charge in [-0.05, 0) is 45.7 Å². The zero-order valence-corrected chi connectivity index (χ0v) is 14.3. The minimum atomic E-state index is -0.0455. The second kappa shape index (κ2) is 6.08. The molecule has 1 amide bonds. The molecular weight excluding hydrogens is 304 g/mol. The van der Waals surface area contributed by atoms with Crippen LogP contribution in [0.3, 0.4) is 0 Å².